The summed E-state index contributed by atoms with van der Waals surface area (Å²) in [7, 11) is 0. The molecule has 5 heteroatoms. The van der Waals surface area contributed by atoms with E-state index in [-0.39, 0.29) is 5.91 Å². The van der Waals surface area contributed by atoms with Crippen molar-refractivity contribution in [3.63, 3.8) is 0 Å². The highest BCUT2D eigenvalue weighted by Crippen LogP contribution is 2.23. The molecule has 3 rings (SSSR count). The van der Waals surface area contributed by atoms with Crippen LogP contribution < -0.4 is 4.90 Å². The van der Waals surface area contributed by atoms with Crippen LogP contribution in [0.25, 0.3) is 10.9 Å². The van der Waals surface area contributed by atoms with Gasteiger partial charge >= 0.3 is 0 Å². The zero-order valence-electron chi connectivity index (χ0n) is 11.6. The Morgan fingerprint density at radius 2 is 1.95 bits per heavy atom. The number of benzene rings is 1. The van der Waals surface area contributed by atoms with Crippen LogP contribution in [0.3, 0.4) is 0 Å². The summed E-state index contributed by atoms with van der Waals surface area (Å²) in [6.45, 7) is 4.96. The number of hydrogen-bond donors (Lipinski definition) is 0. The molecule has 1 aromatic heterocycles. The van der Waals surface area contributed by atoms with Gasteiger partial charge in [-0.1, -0.05) is 12.1 Å². The number of carbonyl (C=O) groups is 1. The third kappa shape index (κ3) is 2.43. The summed E-state index contributed by atoms with van der Waals surface area (Å²) in [4.78, 5) is 24.4. The Bertz CT molecular complexity index is 623. The predicted octanol–water partition coefficient (Wildman–Crippen LogP) is 1.69. The molecule has 104 valence electrons. The highest BCUT2D eigenvalue weighted by molar-refractivity contribution is 5.89. The number of carbonyl (C=O) groups excluding carboxylic acids is 1. The fourth-order valence-corrected chi connectivity index (χ4v) is 2.69. The minimum absolute atomic E-state index is 0.152. The van der Waals surface area contributed by atoms with E-state index in [0.717, 1.165) is 49.3 Å². The smallest absolute Gasteiger partial charge is 0.219 e. The van der Waals surface area contributed by atoms with Gasteiger partial charge in [0, 0.05) is 38.5 Å². The van der Waals surface area contributed by atoms with Crippen molar-refractivity contribution in [2.75, 3.05) is 31.1 Å². The second-order valence-corrected chi connectivity index (χ2v) is 5.06. The molecule has 0 atom stereocenters. The first kappa shape index (κ1) is 12.8. The molecular weight excluding hydrogens is 252 g/mol. The summed E-state index contributed by atoms with van der Waals surface area (Å²) in [5, 5.41) is 1.08. The average Bonchev–Trinajstić information content (AvgIpc) is 2.72. The first-order valence-electron chi connectivity index (χ1n) is 6.96. The van der Waals surface area contributed by atoms with E-state index in [9.17, 15) is 4.79 Å². The minimum Gasteiger partial charge on any atom is -0.354 e. The lowest BCUT2D eigenvalue weighted by molar-refractivity contribution is -0.128. The van der Waals surface area contributed by atoms with Crippen LogP contribution in [0.4, 0.5) is 5.82 Å². The molecule has 20 heavy (non-hydrogen) atoms. The molecule has 1 aliphatic rings. The number of aromatic nitrogens is 2. The SMILES string of the molecule is CC(=O)N1CCCN(c2ncnc3ccccc23)CC1. The zero-order chi connectivity index (χ0) is 13.9. The van der Waals surface area contributed by atoms with E-state index in [0.29, 0.717) is 0 Å². The Labute approximate surface area is 118 Å². The molecule has 1 amide bonds. The van der Waals surface area contributed by atoms with Gasteiger partial charge in [-0.25, -0.2) is 9.97 Å². The minimum atomic E-state index is 0.152. The molecule has 0 unspecified atom stereocenters. The molecule has 0 bridgehead atoms. The van der Waals surface area contributed by atoms with Crippen molar-refractivity contribution in [2.24, 2.45) is 0 Å². The number of fused-ring (bicyclic) bond motifs is 1. The first-order valence-corrected chi connectivity index (χ1v) is 6.96. The van der Waals surface area contributed by atoms with Gasteiger partial charge in [0.05, 0.1) is 5.52 Å². The van der Waals surface area contributed by atoms with E-state index < -0.39 is 0 Å². The number of anilines is 1. The fraction of sp³-hybridized carbons (Fsp3) is 0.400. The highest BCUT2D eigenvalue weighted by atomic mass is 16.2. The van der Waals surface area contributed by atoms with Gasteiger partial charge in [-0.3, -0.25) is 4.79 Å². The number of hydrogen-bond acceptors (Lipinski definition) is 4. The van der Waals surface area contributed by atoms with Crippen molar-refractivity contribution in [1.82, 2.24) is 14.9 Å². The maximum atomic E-state index is 11.5. The normalized spacial score (nSPS) is 16.2. The predicted molar refractivity (Wildman–Crippen MR) is 78.6 cm³/mol. The van der Waals surface area contributed by atoms with E-state index in [2.05, 4.69) is 20.9 Å². The van der Waals surface area contributed by atoms with Crippen molar-refractivity contribution >= 4 is 22.6 Å². The van der Waals surface area contributed by atoms with Gasteiger partial charge in [-0.15, -0.1) is 0 Å². The van der Waals surface area contributed by atoms with Crippen LogP contribution in [0.1, 0.15) is 13.3 Å². The van der Waals surface area contributed by atoms with Gasteiger partial charge in [-0.2, -0.15) is 0 Å². The molecule has 1 saturated heterocycles. The molecule has 0 saturated carbocycles. The summed E-state index contributed by atoms with van der Waals surface area (Å²) in [6.07, 6.45) is 2.59. The van der Waals surface area contributed by atoms with Crippen molar-refractivity contribution in [2.45, 2.75) is 13.3 Å². The second kappa shape index (κ2) is 5.45. The molecule has 1 aromatic carbocycles. The maximum absolute atomic E-state index is 11.5. The van der Waals surface area contributed by atoms with Crippen LogP contribution in [-0.2, 0) is 4.79 Å². The number of para-hydroxylation sites is 1. The molecule has 0 N–H and O–H groups in total. The Kier molecular flexibility index (Phi) is 3.50. The summed E-state index contributed by atoms with van der Waals surface area (Å²) < 4.78 is 0. The maximum Gasteiger partial charge on any atom is 0.219 e. The Morgan fingerprint density at radius 3 is 2.80 bits per heavy atom. The number of rotatable bonds is 1. The molecular formula is C15H18N4O. The van der Waals surface area contributed by atoms with Crippen molar-refractivity contribution in [3.8, 4) is 0 Å². The number of amides is 1. The summed E-state index contributed by atoms with van der Waals surface area (Å²) in [5.74, 6) is 1.13. The van der Waals surface area contributed by atoms with Crippen LogP contribution >= 0.6 is 0 Å². The van der Waals surface area contributed by atoms with Gasteiger partial charge in [0.2, 0.25) is 5.91 Å². The second-order valence-electron chi connectivity index (χ2n) is 5.06. The quantitative estimate of drug-likeness (QED) is 0.791. The Hall–Kier alpha value is -2.17. The first-order chi connectivity index (χ1) is 9.75. The van der Waals surface area contributed by atoms with E-state index in [4.69, 9.17) is 0 Å². The van der Waals surface area contributed by atoms with Crippen LogP contribution in [0.2, 0.25) is 0 Å². The van der Waals surface area contributed by atoms with Crippen molar-refractivity contribution < 1.29 is 4.79 Å². The van der Waals surface area contributed by atoms with Gasteiger partial charge in [-0.05, 0) is 18.6 Å². The largest absolute Gasteiger partial charge is 0.354 e. The zero-order valence-corrected chi connectivity index (χ0v) is 11.6. The highest BCUT2D eigenvalue weighted by Gasteiger charge is 2.18. The molecule has 0 spiro atoms. The van der Waals surface area contributed by atoms with Gasteiger partial charge in [0.1, 0.15) is 12.1 Å². The van der Waals surface area contributed by atoms with Crippen molar-refractivity contribution in [3.05, 3.63) is 30.6 Å². The molecule has 2 aromatic rings. The van der Waals surface area contributed by atoms with Crippen molar-refractivity contribution in [1.29, 1.82) is 0 Å². The van der Waals surface area contributed by atoms with Crippen LogP contribution in [0, 0.1) is 0 Å². The topological polar surface area (TPSA) is 49.3 Å². The standard InChI is InChI=1S/C15H18N4O/c1-12(20)18-7-4-8-19(10-9-18)15-13-5-2-3-6-14(13)16-11-17-15/h2-3,5-6,11H,4,7-10H2,1H3. The van der Waals surface area contributed by atoms with E-state index in [1.807, 2.05) is 23.1 Å². The lowest BCUT2D eigenvalue weighted by Gasteiger charge is -2.23. The average molecular weight is 270 g/mol. The molecule has 0 aliphatic carbocycles. The molecule has 5 nitrogen and oxygen atoms in total. The third-order valence-corrected chi connectivity index (χ3v) is 3.76. The van der Waals surface area contributed by atoms with Gasteiger partial charge in [0.15, 0.2) is 0 Å². The van der Waals surface area contributed by atoms with E-state index >= 15 is 0 Å². The Balaban J connectivity index is 1.89. The van der Waals surface area contributed by atoms with Crippen LogP contribution in [-0.4, -0.2) is 47.0 Å². The van der Waals surface area contributed by atoms with Crippen LogP contribution in [0.15, 0.2) is 30.6 Å². The summed E-state index contributed by atoms with van der Waals surface area (Å²) in [6, 6.07) is 8.05. The molecule has 2 heterocycles. The summed E-state index contributed by atoms with van der Waals surface area (Å²) in [5.41, 5.74) is 0.963. The lowest BCUT2D eigenvalue weighted by Crippen LogP contribution is -2.33. The third-order valence-electron chi connectivity index (χ3n) is 3.76. The van der Waals surface area contributed by atoms with Gasteiger partial charge < -0.3 is 9.80 Å². The summed E-state index contributed by atoms with van der Waals surface area (Å²) >= 11 is 0. The van der Waals surface area contributed by atoms with Crippen LogP contribution in [0.5, 0.6) is 0 Å². The molecule has 1 aliphatic heterocycles. The molecule has 1 fully saturated rings. The van der Waals surface area contributed by atoms with Gasteiger partial charge in [0.25, 0.3) is 0 Å². The number of nitrogens with zero attached hydrogens (tertiary/aromatic N) is 4. The fourth-order valence-electron chi connectivity index (χ4n) is 2.69. The van der Waals surface area contributed by atoms with E-state index in [1.165, 1.54) is 0 Å². The van der Waals surface area contributed by atoms with E-state index in [1.54, 1.807) is 13.3 Å². The monoisotopic (exact) mass is 270 g/mol. The molecule has 0 radical (unpaired) electrons. The lowest BCUT2D eigenvalue weighted by atomic mass is 10.2. The Morgan fingerprint density at radius 1 is 1.10 bits per heavy atom.